The third kappa shape index (κ3) is 7.30. The van der Waals surface area contributed by atoms with E-state index >= 15 is 0 Å². The summed E-state index contributed by atoms with van der Waals surface area (Å²) in [6.07, 6.45) is 0. The molecular formula is C33H36N8O5S. The molecule has 0 unspecified atom stereocenters. The number of likely N-dealkylation sites (N-methyl/N-ethyl adjacent to an activating group) is 1. The van der Waals surface area contributed by atoms with Crippen molar-refractivity contribution < 1.29 is 23.5 Å². The number of hydrogen-bond acceptors (Lipinski definition) is 13. The van der Waals surface area contributed by atoms with Crippen LogP contribution in [0.5, 0.6) is 17.2 Å². The molecule has 0 bridgehead atoms. The summed E-state index contributed by atoms with van der Waals surface area (Å²) in [4.78, 5) is 27.3. The monoisotopic (exact) mass is 656 g/mol. The highest BCUT2D eigenvalue weighted by atomic mass is 32.1. The smallest absolute Gasteiger partial charge is 0.272 e. The molecule has 0 aliphatic carbocycles. The van der Waals surface area contributed by atoms with Crippen molar-refractivity contribution in [3.05, 3.63) is 71.8 Å². The number of aromatic nitrogens is 3. The number of carbonyl (C=O) groups excluding carboxylic acids is 1. The first-order valence-electron chi connectivity index (χ1n) is 14.9. The molecule has 14 heteroatoms. The molecule has 2 aromatic heterocycles. The summed E-state index contributed by atoms with van der Waals surface area (Å²) in [5, 5.41) is 10.8. The Morgan fingerprint density at radius 1 is 0.936 bits per heavy atom. The van der Waals surface area contributed by atoms with Crippen molar-refractivity contribution in [2.24, 2.45) is 0 Å². The van der Waals surface area contributed by atoms with Crippen LogP contribution in [0.4, 0.5) is 22.3 Å². The van der Waals surface area contributed by atoms with E-state index in [9.17, 15) is 4.79 Å². The molecule has 244 valence electrons. The molecule has 6 rings (SSSR count). The van der Waals surface area contributed by atoms with Crippen LogP contribution in [0, 0.1) is 0 Å². The van der Waals surface area contributed by atoms with E-state index in [0.29, 0.717) is 55.6 Å². The van der Waals surface area contributed by atoms with Crippen molar-refractivity contribution >= 4 is 39.6 Å². The quantitative estimate of drug-likeness (QED) is 0.171. The van der Waals surface area contributed by atoms with Gasteiger partial charge in [-0.1, -0.05) is 40.8 Å². The molecule has 3 heterocycles. The number of hydrogen-bond donors (Lipinski definition) is 3. The van der Waals surface area contributed by atoms with Gasteiger partial charge in [0.05, 0.1) is 21.3 Å². The Labute approximate surface area is 276 Å². The average Bonchev–Trinajstić information content (AvgIpc) is 3.72. The summed E-state index contributed by atoms with van der Waals surface area (Å²) in [7, 11) is 6.79. The Bertz CT molecular complexity index is 1830. The third-order valence-corrected chi connectivity index (χ3v) is 8.76. The lowest BCUT2D eigenvalue weighted by atomic mass is 10.1. The summed E-state index contributed by atoms with van der Waals surface area (Å²) in [5.41, 5.74) is 9.94. The average molecular weight is 657 g/mol. The number of piperazine rings is 1. The molecule has 1 aliphatic heterocycles. The number of carbonyl (C=O) groups is 1. The van der Waals surface area contributed by atoms with Crippen LogP contribution >= 0.6 is 11.3 Å². The van der Waals surface area contributed by atoms with E-state index in [2.05, 4.69) is 42.6 Å². The molecule has 0 atom stereocenters. The molecule has 1 fully saturated rings. The van der Waals surface area contributed by atoms with Gasteiger partial charge in [0.2, 0.25) is 11.6 Å². The van der Waals surface area contributed by atoms with Crippen LogP contribution in [0.25, 0.3) is 22.2 Å². The topological polar surface area (TPSA) is 153 Å². The van der Waals surface area contributed by atoms with Crippen molar-refractivity contribution in [3.63, 3.8) is 0 Å². The Morgan fingerprint density at radius 2 is 1.66 bits per heavy atom. The largest absolute Gasteiger partial charge is 0.493 e. The van der Waals surface area contributed by atoms with Gasteiger partial charge in [0.15, 0.2) is 16.6 Å². The molecular weight excluding hydrogens is 620 g/mol. The molecule has 47 heavy (non-hydrogen) atoms. The number of anilines is 4. The minimum absolute atomic E-state index is 0.202. The fraction of sp³-hybridized carbons (Fsp3) is 0.273. The minimum atomic E-state index is -0.202. The zero-order valence-electron chi connectivity index (χ0n) is 26.6. The van der Waals surface area contributed by atoms with Gasteiger partial charge in [-0.15, -0.1) is 0 Å². The van der Waals surface area contributed by atoms with Gasteiger partial charge in [-0.05, 0) is 36.9 Å². The van der Waals surface area contributed by atoms with Gasteiger partial charge in [-0.2, -0.15) is 4.98 Å². The molecule has 4 N–H and O–H groups in total. The van der Waals surface area contributed by atoms with Crippen LogP contribution in [0.3, 0.4) is 0 Å². The van der Waals surface area contributed by atoms with Crippen molar-refractivity contribution in [1.82, 2.24) is 24.9 Å². The van der Waals surface area contributed by atoms with Crippen LogP contribution in [0.2, 0.25) is 0 Å². The second-order valence-electron chi connectivity index (χ2n) is 11.0. The van der Waals surface area contributed by atoms with Gasteiger partial charge < -0.3 is 40.0 Å². The Kier molecular flexibility index (Phi) is 9.52. The van der Waals surface area contributed by atoms with E-state index in [4.69, 9.17) is 24.5 Å². The molecule has 1 saturated heterocycles. The second-order valence-corrected chi connectivity index (χ2v) is 12.0. The van der Waals surface area contributed by atoms with Gasteiger partial charge in [0.1, 0.15) is 10.7 Å². The number of nitrogens with zero attached hydrogens (tertiary/aromatic N) is 5. The maximum atomic E-state index is 13.0. The van der Waals surface area contributed by atoms with E-state index in [1.807, 2.05) is 42.5 Å². The van der Waals surface area contributed by atoms with E-state index in [-0.39, 0.29) is 17.6 Å². The second kappa shape index (κ2) is 14.1. The van der Waals surface area contributed by atoms with E-state index in [1.165, 1.54) is 16.9 Å². The lowest BCUT2D eigenvalue weighted by Crippen LogP contribution is -2.43. The zero-order chi connectivity index (χ0) is 32.9. The summed E-state index contributed by atoms with van der Waals surface area (Å²) in [6.45, 7) is 5.11. The molecule has 5 aromatic rings. The highest BCUT2D eigenvalue weighted by Crippen LogP contribution is 2.42. The fourth-order valence-corrected chi connectivity index (χ4v) is 6.04. The standard InChI is InChI=1S/C33H36N8O5S/c1-40-12-14-41(15-13-40)19-20-8-10-21(11-9-20)31(42)35-23-7-5-6-22(16-23)30-38-32(46-39-30)28-29(34)37-33(47-28)36-24-17-25(43-2)27(45-4)26(18-24)44-3/h5-11,16-18H,12-15,19,34H2,1-4H3,(H,35,42)(H,36,37). The van der Waals surface area contributed by atoms with Crippen LogP contribution < -0.4 is 30.6 Å². The molecule has 0 radical (unpaired) electrons. The Balaban J connectivity index is 1.12. The number of amides is 1. The minimum Gasteiger partial charge on any atom is -0.493 e. The number of rotatable bonds is 11. The molecule has 3 aromatic carbocycles. The molecule has 1 aliphatic rings. The number of nitrogens with two attached hydrogens (primary N) is 1. The van der Waals surface area contributed by atoms with Crippen molar-refractivity contribution in [1.29, 1.82) is 0 Å². The van der Waals surface area contributed by atoms with Crippen LogP contribution in [0.15, 0.2) is 65.2 Å². The van der Waals surface area contributed by atoms with Gasteiger partial charge >= 0.3 is 0 Å². The molecule has 0 spiro atoms. The van der Waals surface area contributed by atoms with Crippen molar-refractivity contribution in [2.75, 3.05) is 70.9 Å². The van der Waals surface area contributed by atoms with Crippen LogP contribution in [-0.2, 0) is 6.54 Å². The first-order valence-corrected chi connectivity index (χ1v) is 15.7. The van der Waals surface area contributed by atoms with Crippen LogP contribution in [-0.4, -0.2) is 85.4 Å². The summed E-state index contributed by atoms with van der Waals surface area (Å²) in [6, 6.07) is 18.5. The predicted molar refractivity (Wildman–Crippen MR) is 182 cm³/mol. The van der Waals surface area contributed by atoms with E-state index < -0.39 is 0 Å². The molecule has 1 amide bonds. The number of ether oxygens (including phenoxy) is 3. The highest BCUT2D eigenvalue weighted by Gasteiger charge is 2.20. The highest BCUT2D eigenvalue weighted by molar-refractivity contribution is 7.19. The number of thiazole rings is 1. The van der Waals surface area contributed by atoms with Crippen LogP contribution in [0.1, 0.15) is 15.9 Å². The van der Waals surface area contributed by atoms with Gasteiger partial charge in [0, 0.05) is 67.4 Å². The summed E-state index contributed by atoms with van der Waals surface area (Å²) in [5.74, 6) is 2.06. The first-order chi connectivity index (χ1) is 22.8. The number of nitrogens with one attached hydrogen (secondary N) is 2. The zero-order valence-corrected chi connectivity index (χ0v) is 27.4. The first kappa shape index (κ1) is 31.8. The normalized spacial score (nSPS) is 13.7. The number of nitrogen functional groups attached to an aromatic ring is 1. The summed E-state index contributed by atoms with van der Waals surface area (Å²) < 4.78 is 21.8. The van der Waals surface area contributed by atoms with Gasteiger partial charge in [-0.3, -0.25) is 9.69 Å². The SMILES string of the molecule is COc1cc(Nc2nc(N)c(-c3nc(-c4cccc(NC(=O)c5ccc(CN6CCN(C)CC6)cc5)c4)no3)s2)cc(OC)c1OC. The molecule has 0 saturated carbocycles. The van der Waals surface area contributed by atoms with E-state index in [0.717, 1.165) is 32.7 Å². The Morgan fingerprint density at radius 3 is 2.34 bits per heavy atom. The molecule has 13 nitrogen and oxygen atoms in total. The fourth-order valence-electron chi connectivity index (χ4n) is 5.21. The Hall–Kier alpha value is -5.18. The van der Waals surface area contributed by atoms with Gasteiger partial charge in [-0.25, -0.2) is 4.98 Å². The maximum absolute atomic E-state index is 13.0. The lowest BCUT2D eigenvalue weighted by molar-refractivity contribution is 0.102. The number of methoxy groups -OCH3 is 3. The lowest BCUT2D eigenvalue weighted by Gasteiger charge is -2.32. The van der Waals surface area contributed by atoms with Crippen molar-refractivity contribution in [3.8, 4) is 39.4 Å². The third-order valence-electron chi connectivity index (χ3n) is 7.79. The predicted octanol–water partition coefficient (Wildman–Crippen LogP) is 5.21. The summed E-state index contributed by atoms with van der Waals surface area (Å²) >= 11 is 1.25. The van der Waals surface area contributed by atoms with E-state index in [1.54, 1.807) is 39.5 Å². The van der Waals surface area contributed by atoms with Crippen molar-refractivity contribution in [2.45, 2.75) is 6.54 Å². The number of benzene rings is 3. The maximum Gasteiger partial charge on any atom is 0.272 e. The van der Waals surface area contributed by atoms with Gasteiger partial charge in [0.25, 0.3) is 11.8 Å².